The second kappa shape index (κ2) is 8.09. The maximum absolute atomic E-state index is 11.7. The lowest BCUT2D eigenvalue weighted by Gasteiger charge is -2.26. The SMILES string of the molecule is CC(O)(CNC(=O)C(=O)NCCN1CCOCC1)c1ccco1. The lowest BCUT2D eigenvalue weighted by Crippen LogP contribution is -2.47. The summed E-state index contributed by atoms with van der Waals surface area (Å²) in [5.41, 5.74) is -1.37. The van der Waals surface area contributed by atoms with Crippen LogP contribution in [-0.4, -0.2) is 67.8 Å². The Bertz CT molecular complexity index is 509. The van der Waals surface area contributed by atoms with Gasteiger partial charge in [0.2, 0.25) is 0 Å². The molecule has 2 heterocycles. The first-order valence-electron chi connectivity index (χ1n) is 7.61. The molecule has 1 saturated heterocycles. The summed E-state index contributed by atoms with van der Waals surface area (Å²) in [5.74, 6) is -1.17. The number of morpholine rings is 1. The van der Waals surface area contributed by atoms with E-state index in [0.717, 1.165) is 13.1 Å². The van der Waals surface area contributed by atoms with Gasteiger partial charge in [-0.3, -0.25) is 14.5 Å². The van der Waals surface area contributed by atoms with E-state index < -0.39 is 17.4 Å². The molecule has 1 aliphatic heterocycles. The lowest BCUT2D eigenvalue weighted by molar-refractivity contribution is -0.139. The minimum absolute atomic E-state index is 0.115. The quantitative estimate of drug-likeness (QED) is 0.583. The number of aliphatic hydroxyl groups is 1. The molecule has 0 aromatic carbocycles. The average Bonchev–Trinajstić information content (AvgIpc) is 3.09. The zero-order chi connectivity index (χ0) is 16.7. The second-order valence-corrected chi connectivity index (χ2v) is 5.64. The summed E-state index contributed by atoms with van der Waals surface area (Å²) in [6.45, 7) is 5.49. The van der Waals surface area contributed by atoms with Gasteiger partial charge in [-0.15, -0.1) is 0 Å². The van der Waals surface area contributed by atoms with Gasteiger partial charge in [0.25, 0.3) is 0 Å². The molecule has 1 fully saturated rings. The Labute approximate surface area is 134 Å². The van der Waals surface area contributed by atoms with Crippen LogP contribution in [0.4, 0.5) is 0 Å². The number of carbonyl (C=O) groups excluding carboxylic acids is 2. The fraction of sp³-hybridized carbons (Fsp3) is 0.600. The molecule has 0 saturated carbocycles. The van der Waals surface area contributed by atoms with Crippen molar-refractivity contribution in [3.8, 4) is 0 Å². The average molecular weight is 325 g/mol. The van der Waals surface area contributed by atoms with E-state index in [1.807, 2.05) is 0 Å². The molecule has 2 amide bonds. The minimum atomic E-state index is -1.37. The summed E-state index contributed by atoms with van der Waals surface area (Å²) in [6, 6.07) is 3.25. The molecule has 1 aromatic heterocycles. The molecule has 2 rings (SSSR count). The van der Waals surface area contributed by atoms with Crippen molar-refractivity contribution in [1.29, 1.82) is 0 Å². The minimum Gasteiger partial charge on any atom is -0.466 e. The van der Waals surface area contributed by atoms with E-state index in [1.54, 1.807) is 12.1 Å². The molecule has 0 spiro atoms. The Morgan fingerprint density at radius 1 is 1.30 bits per heavy atom. The van der Waals surface area contributed by atoms with Gasteiger partial charge in [0.15, 0.2) is 0 Å². The maximum Gasteiger partial charge on any atom is 0.309 e. The van der Waals surface area contributed by atoms with Crippen molar-refractivity contribution in [1.82, 2.24) is 15.5 Å². The molecule has 8 nitrogen and oxygen atoms in total. The van der Waals surface area contributed by atoms with Gasteiger partial charge in [0.1, 0.15) is 11.4 Å². The molecule has 128 valence electrons. The van der Waals surface area contributed by atoms with Crippen molar-refractivity contribution in [2.24, 2.45) is 0 Å². The highest BCUT2D eigenvalue weighted by Crippen LogP contribution is 2.19. The Morgan fingerprint density at radius 2 is 2.00 bits per heavy atom. The monoisotopic (exact) mass is 325 g/mol. The van der Waals surface area contributed by atoms with Crippen molar-refractivity contribution in [3.05, 3.63) is 24.2 Å². The van der Waals surface area contributed by atoms with Crippen LogP contribution in [0.15, 0.2) is 22.8 Å². The summed E-state index contributed by atoms with van der Waals surface area (Å²) in [4.78, 5) is 25.6. The Morgan fingerprint density at radius 3 is 2.65 bits per heavy atom. The summed E-state index contributed by atoms with van der Waals surface area (Å²) >= 11 is 0. The zero-order valence-corrected chi connectivity index (χ0v) is 13.2. The molecule has 1 atom stereocenters. The molecular formula is C15H23N3O5. The first-order chi connectivity index (χ1) is 11.0. The Hall–Kier alpha value is -1.90. The summed E-state index contributed by atoms with van der Waals surface area (Å²) in [7, 11) is 0. The molecule has 1 unspecified atom stereocenters. The van der Waals surface area contributed by atoms with Gasteiger partial charge in [-0.1, -0.05) is 0 Å². The third-order valence-corrected chi connectivity index (χ3v) is 3.67. The molecule has 0 aliphatic carbocycles. The van der Waals surface area contributed by atoms with E-state index in [-0.39, 0.29) is 6.54 Å². The fourth-order valence-electron chi connectivity index (χ4n) is 2.24. The Balaban J connectivity index is 1.67. The molecular weight excluding hydrogens is 302 g/mol. The van der Waals surface area contributed by atoms with E-state index >= 15 is 0 Å². The van der Waals surface area contributed by atoms with Crippen LogP contribution in [0.1, 0.15) is 12.7 Å². The van der Waals surface area contributed by atoms with E-state index in [1.165, 1.54) is 13.2 Å². The Kier molecular flexibility index (Phi) is 6.14. The molecule has 23 heavy (non-hydrogen) atoms. The second-order valence-electron chi connectivity index (χ2n) is 5.64. The summed E-state index contributed by atoms with van der Waals surface area (Å²) in [6.07, 6.45) is 1.43. The van der Waals surface area contributed by atoms with Crippen molar-refractivity contribution < 1.29 is 23.8 Å². The first-order valence-corrected chi connectivity index (χ1v) is 7.61. The largest absolute Gasteiger partial charge is 0.466 e. The number of hydrogen-bond acceptors (Lipinski definition) is 6. The lowest BCUT2D eigenvalue weighted by atomic mass is 10.0. The summed E-state index contributed by atoms with van der Waals surface area (Å²) in [5, 5.41) is 15.2. The van der Waals surface area contributed by atoms with Crippen LogP contribution >= 0.6 is 0 Å². The predicted molar refractivity (Wildman–Crippen MR) is 81.6 cm³/mol. The number of nitrogens with one attached hydrogen (secondary N) is 2. The van der Waals surface area contributed by atoms with Crippen molar-refractivity contribution in [2.45, 2.75) is 12.5 Å². The molecule has 0 radical (unpaired) electrons. The topological polar surface area (TPSA) is 104 Å². The van der Waals surface area contributed by atoms with Crippen LogP contribution in [0.5, 0.6) is 0 Å². The molecule has 1 aliphatic rings. The van der Waals surface area contributed by atoms with Gasteiger partial charge in [-0.2, -0.15) is 0 Å². The number of rotatable bonds is 6. The van der Waals surface area contributed by atoms with Crippen LogP contribution in [0, 0.1) is 0 Å². The maximum atomic E-state index is 11.7. The predicted octanol–water partition coefficient (Wildman–Crippen LogP) is -0.948. The van der Waals surface area contributed by atoms with Gasteiger partial charge in [-0.25, -0.2) is 0 Å². The van der Waals surface area contributed by atoms with Crippen LogP contribution in [0.2, 0.25) is 0 Å². The molecule has 3 N–H and O–H groups in total. The van der Waals surface area contributed by atoms with Crippen LogP contribution < -0.4 is 10.6 Å². The van der Waals surface area contributed by atoms with Crippen molar-refractivity contribution in [3.63, 3.8) is 0 Å². The first kappa shape index (κ1) is 17.5. The van der Waals surface area contributed by atoms with Gasteiger partial charge in [0.05, 0.1) is 26.0 Å². The number of carbonyl (C=O) groups is 2. The van der Waals surface area contributed by atoms with E-state index in [4.69, 9.17) is 9.15 Å². The highest BCUT2D eigenvalue weighted by molar-refractivity contribution is 6.35. The molecule has 0 bridgehead atoms. The van der Waals surface area contributed by atoms with E-state index in [2.05, 4.69) is 15.5 Å². The van der Waals surface area contributed by atoms with E-state index in [0.29, 0.717) is 32.1 Å². The highest BCUT2D eigenvalue weighted by Gasteiger charge is 2.28. The van der Waals surface area contributed by atoms with Crippen molar-refractivity contribution in [2.75, 3.05) is 45.9 Å². The molecule has 1 aromatic rings. The number of furan rings is 1. The molecule has 8 heteroatoms. The standard InChI is InChI=1S/C15H23N3O5/c1-15(21,12-3-2-8-23-12)11-17-14(20)13(19)16-4-5-18-6-9-22-10-7-18/h2-3,8,21H,4-7,9-11H2,1H3,(H,16,19)(H,17,20). The van der Waals surface area contributed by atoms with Crippen LogP contribution in [0.3, 0.4) is 0 Å². The number of hydrogen-bond donors (Lipinski definition) is 3. The normalized spacial score (nSPS) is 18.2. The number of ether oxygens (including phenoxy) is 1. The fourth-order valence-corrected chi connectivity index (χ4v) is 2.24. The smallest absolute Gasteiger partial charge is 0.309 e. The van der Waals surface area contributed by atoms with Crippen LogP contribution in [0.25, 0.3) is 0 Å². The van der Waals surface area contributed by atoms with Gasteiger partial charge < -0.3 is 24.9 Å². The van der Waals surface area contributed by atoms with Crippen LogP contribution in [-0.2, 0) is 19.9 Å². The van der Waals surface area contributed by atoms with E-state index in [9.17, 15) is 14.7 Å². The van der Waals surface area contributed by atoms with Gasteiger partial charge in [0, 0.05) is 26.2 Å². The van der Waals surface area contributed by atoms with Crippen molar-refractivity contribution >= 4 is 11.8 Å². The third-order valence-electron chi connectivity index (χ3n) is 3.67. The number of amides is 2. The number of nitrogens with zero attached hydrogens (tertiary/aromatic N) is 1. The zero-order valence-electron chi connectivity index (χ0n) is 13.2. The van der Waals surface area contributed by atoms with Gasteiger partial charge in [-0.05, 0) is 19.1 Å². The third kappa shape index (κ3) is 5.34. The highest BCUT2D eigenvalue weighted by atomic mass is 16.5. The summed E-state index contributed by atoms with van der Waals surface area (Å²) < 4.78 is 10.3. The van der Waals surface area contributed by atoms with Gasteiger partial charge >= 0.3 is 11.8 Å².